The summed E-state index contributed by atoms with van der Waals surface area (Å²) in [6, 6.07) is 15.6. The summed E-state index contributed by atoms with van der Waals surface area (Å²) in [5.74, 6) is -3.98. The van der Waals surface area contributed by atoms with E-state index in [0.717, 1.165) is 18.4 Å². The Labute approximate surface area is 299 Å². The maximum absolute atomic E-state index is 13.6. The number of aliphatic carboxylic acids is 1. The number of aliphatic hydroxyl groups excluding tert-OH is 1. The number of carboxylic acid groups (broad SMARTS) is 1. The smallest absolute Gasteiger partial charge is 0.376 e. The van der Waals surface area contributed by atoms with Crippen molar-refractivity contribution >= 4 is 44.4 Å². The number of aliphatic hydroxyl groups is 1. The molecule has 15 heteroatoms. The predicted molar refractivity (Wildman–Crippen MR) is 189 cm³/mol. The van der Waals surface area contributed by atoms with E-state index in [4.69, 9.17) is 23.7 Å². The summed E-state index contributed by atoms with van der Waals surface area (Å²) in [7, 11) is -2.24. The fourth-order valence-electron chi connectivity index (χ4n) is 5.50. The number of ketones is 1. The Balaban J connectivity index is 1.05. The van der Waals surface area contributed by atoms with Crippen molar-refractivity contribution < 1.29 is 56.0 Å². The summed E-state index contributed by atoms with van der Waals surface area (Å²) in [4.78, 5) is 34.9. The minimum absolute atomic E-state index is 0.0526. The number of benzene rings is 3. The number of fused-ring (bicyclic) bond motifs is 1. The van der Waals surface area contributed by atoms with E-state index in [2.05, 4.69) is 10.0 Å². The zero-order chi connectivity index (χ0) is 37.3. The molecule has 0 unspecified atom stereocenters. The van der Waals surface area contributed by atoms with Crippen LogP contribution in [-0.4, -0.2) is 82.9 Å². The molecule has 4 aromatic rings. The van der Waals surface area contributed by atoms with Crippen LogP contribution in [0.15, 0.2) is 71.2 Å². The Morgan fingerprint density at radius 1 is 0.942 bits per heavy atom. The van der Waals surface area contributed by atoms with Gasteiger partial charge in [-0.05, 0) is 77.9 Å². The lowest BCUT2D eigenvalue weighted by molar-refractivity contribution is -0.146. The van der Waals surface area contributed by atoms with Crippen LogP contribution in [0.1, 0.15) is 51.4 Å². The first-order valence-electron chi connectivity index (χ1n) is 16.5. The third-order valence-corrected chi connectivity index (χ3v) is 9.49. The van der Waals surface area contributed by atoms with Gasteiger partial charge in [-0.2, -0.15) is 0 Å². The number of rotatable bonds is 20. The molecule has 1 fully saturated rings. The highest BCUT2D eigenvalue weighted by atomic mass is 32.2. The lowest BCUT2D eigenvalue weighted by Gasteiger charge is -2.12. The molecule has 3 aromatic carbocycles. The van der Waals surface area contributed by atoms with Crippen molar-refractivity contribution in [3.63, 3.8) is 0 Å². The molecule has 1 aliphatic rings. The molecule has 0 radical (unpaired) electrons. The van der Waals surface area contributed by atoms with Crippen LogP contribution < -0.4 is 10.0 Å². The number of halogens is 1. The maximum atomic E-state index is 13.6. The van der Waals surface area contributed by atoms with Crippen molar-refractivity contribution in [2.24, 2.45) is 0 Å². The second-order valence-corrected chi connectivity index (χ2v) is 13.9. The number of ether oxygens (including phenoxy) is 3. The quantitative estimate of drug-likeness (QED) is 0.0426. The highest BCUT2D eigenvalue weighted by molar-refractivity contribution is 7.88. The topological polar surface area (TPSA) is 191 Å². The largest absolute Gasteiger partial charge is 0.507 e. The first-order chi connectivity index (χ1) is 25.0. The summed E-state index contributed by atoms with van der Waals surface area (Å²) >= 11 is 0. The summed E-state index contributed by atoms with van der Waals surface area (Å²) in [6.07, 6.45) is 2.45. The normalized spacial score (nSPS) is 13.4. The van der Waals surface area contributed by atoms with Gasteiger partial charge in [0, 0.05) is 36.2 Å². The van der Waals surface area contributed by atoms with Gasteiger partial charge in [-0.25, -0.2) is 22.3 Å². The van der Waals surface area contributed by atoms with E-state index in [9.17, 15) is 32.3 Å². The summed E-state index contributed by atoms with van der Waals surface area (Å²) in [5.41, 5.74) is 3.59. The summed E-state index contributed by atoms with van der Waals surface area (Å²) in [5, 5.41) is 21.9. The molecule has 0 bridgehead atoms. The number of hydrogen-bond acceptors (Lipinski definition) is 10. The van der Waals surface area contributed by atoms with Crippen molar-refractivity contribution in [2.75, 3.05) is 46.6 Å². The van der Waals surface area contributed by atoms with Gasteiger partial charge in [-0.1, -0.05) is 18.2 Å². The first kappa shape index (κ1) is 38.3. The van der Waals surface area contributed by atoms with Gasteiger partial charge in [0.15, 0.2) is 0 Å². The van der Waals surface area contributed by atoms with Gasteiger partial charge in [0.05, 0.1) is 51.0 Å². The van der Waals surface area contributed by atoms with Crippen molar-refractivity contribution in [1.82, 2.24) is 10.0 Å². The van der Waals surface area contributed by atoms with Gasteiger partial charge in [0.2, 0.25) is 10.0 Å². The van der Waals surface area contributed by atoms with E-state index < -0.39 is 33.4 Å². The molecule has 1 heterocycles. The van der Waals surface area contributed by atoms with Crippen LogP contribution in [-0.2, 0) is 46.2 Å². The average Bonchev–Trinajstić information content (AvgIpc) is 3.90. The standard InChI is InChI=1S/C37H39FN2O11S/c1-39-36(43)34-30-19-29(24-5-6-24)27(18-33(30)51-35(34)25-7-9-28(38)10-8-25)22-52(46,47)40-11-12-48-13-14-49-15-16-50-21-23-3-2-4-26(17-23)31(41)20-32(42)37(44)45/h2-4,7-10,17-20,24,40-41H,5-6,11-16,21-22H2,1H3,(H,39,43)(H,44,45). The number of carbonyl (C=O) groups is 3. The van der Waals surface area contributed by atoms with E-state index in [1.54, 1.807) is 24.3 Å². The van der Waals surface area contributed by atoms with Crippen LogP contribution in [0, 0.1) is 5.82 Å². The molecule has 276 valence electrons. The fourth-order valence-corrected chi connectivity index (χ4v) is 6.66. The van der Waals surface area contributed by atoms with Gasteiger partial charge < -0.3 is 34.2 Å². The zero-order valence-electron chi connectivity index (χ0n) is 28.4. The number of nitrogens with one attached hydrogen (secondary N) is 2. The van der Waals surface area contributed by atoms with Gasteiger partial charge in [-0.3, -0.25) is 9.59 Å². The molecular formula is C37H39FN2O11S. The number of furan rings is 1. The van der Waals surface area contributed by atoms with Crippen LogP contribution in [0.4, 0.5) is 4.39 Å². The number of carboxylic acids is 1. The second-order valence-electron chi connectivity index (χ2n) is 12.0. The molecule has 1 amide bonds. The lowest BCUT2D eigenvalue weighted by Crippen LogP contribution is -2.29. The molecule has 0 atom stereocenters. The summed E-state index contributed by atoms with van der Waals surface area (Å²) < 4.78 is 65.0. The molecule has 0 spiro atoms. The molecule has 1 aliphatic carbocycles. The fraction of sp³-hybridized carbons (Fsp3) is 0.324. The Morgan fingerprint density at radius 3 is 2.31 bits per heavy atom. The van der Waals surface area contributed by atoms with E-state index in [1.807, 2.05) is 6.07 Å². The Kier molecular flexibility index (Phi) is 12.9. The second kappa shape index (κ2) is 17.5. The average molecular weight is 739 g/mol. The van der Waals surface area contributed by atoms with Crippen molar-refractivity contribution in [1.29, 1.82) is 0 Å². The van der Waals surface area contributed by atoms with Crippen LogP contribution >= 0.6 is 0 Å². The molecule has 0 saturated heterocycles. The number of amides is 1. The predicted octanol–water partition coefficient (Wildman–Crippen LogP) is 4.70. The number of hydrogen-bond donors (Lipinski definition) is 4. The molecule has 1 aromatic heterocycles. The van der Waals surface area contributed by atoms with E-state index >= 15 is 0 Å². The van der Waals surface area contributed by atoms with Crippen LogP contribution in [0.25, 0.3) is 28.1 Å². The third kappa shape index (κ3) is 10.3. The van der Waals surface area contributed by atoms with E-state index in [-0.39, 0.29) is 75.1 Å². The van der Waals surface area contributed by atoms with E-state index in [1.165, 1.54) is 37.4 Å². The molecule has 13 nitrogen and oxygen atoms in total. The zero-order valence-corrected chi connectivity index (χ0v) is 29.2. The third-order valence-electron chi connectivity index (χ3n) is 8.16. The van der Waals surface area contributed by atoms with E-state index in [0.29, 0.717) is 39.3 Å². The minimum atomic E-state index is -3.76. The van der Waals surface area contributed by atoms with Crippen LogP contribution in [0.3, 0.4) is 0 Å². The van der Waals surface area contributed by atoms with Crippen LogP contribution in [0.5, 0.6) is 0 Å². The number of sulfonamides is 1. The maximum Gasteiger partial charge on any atom is 0.376 e. The minimum Gasteiger partial charge on any atom is -0.507 e. The van der Waals surface area contributed by atoms with Crippen molar-refractivity contribution in [3.8, 4) is 11.3 Å². The van der Waals surface area contributed by atoms with Gasteiger partial charge in [-0.15, -0.1) is 0 Å². The van der Waals surface area contributed by atoms with Crippen LogP contribution in [0.2, 0.25) is 0 Å². The molecule has 4 N–H and O–H groups in total. The molecule has 5 rings (SSSR count). The van der Waals surface area contributed by atoms with Crippen molar-refractivity contribution in [3.05, 3.63) is 100 Å². The monoisotopic (exact) mass is 738 g/mol. The summed E-state index contributed by atoms with van der Waals surface area (Å²) in [6.45, 7) is 1.39. The molecular weight excluding hydrogens is 699 g/mol. The highest BCUT2D eigenvalue weighted by Crippen LogP contribution is 2.45. The first-order valence-corrected chi connectivity index (χ1v) is 18.2. The van der Waals surface area contributed by atoms with Gasteiger partial charge in [0.1, 0.15) is 22.9 Å². The Bertz CT molecular complexity index is 2060. The lowest BCUT2D eigenvalue weighted by atomic mass is 9.98. The Hall–Kier alpha value is -4.93. The molecule has 0 aliphatic heterocycles. The van der Waals surface area contributed by atoms with Gasteiger partial charge in [0.25, 0.3) is 11.7 Å². The highest BCUT2D eigenvalue weighted by Gasteiger charge is 2.31. The molecule has 52 heavy (non-hydrogen) atoms. The van der Waals surface area contributed by atoms with Gasteiger partial charge >= 0.3 is 5.97 Å². The number of carbonyl (C=O) groups excluding carboxylic acids is 2. The Morgan fingerprint density at radius 2 is 1.63 bits per heavy atom. The molecule has 1 saturated carbocycles. The SMILES string of the molecule is CNC(=O)c1c(-c2ccc(F)cc2)oc2cc(CS(=O)(=O)NCCOCCOCCOCc3cccc(C(O)=CC(=O)C(=O)O)c3)c(C3CC3)cc12. The van der Waals surface area contributed by atoms with Crippen molar-refractivity contribution in [2.45, 2.75) is 31.1 Å².